The molecule has 1 aromatic rings. The summed E-state index contributed by atoms with van der Waals surface area (Å²) >= 11 is 0. The molecular weight excluding hydrogens is 218 g/mol. The molecule has 2 aliphatic rings. The summed E-state index contributed by atoms with van der Waals surface area (Å²) in [5.41, 5.74) is 1.55. The minimum Gasteiger partial charge on any atom is -0.352 e. The molecule has 1 saturated carbocycles. The largest absolute Gasteiger partial charge is 0.352 e. The van der Waals surface area contributed by atoms with Crippen molar-refractivity contribution < 1.29 is 9.59 Å². The number of aromatic nitrogens is 2. The molecule has 90 valence electrons. The smallest absolute Gasteiger partial charge is 0.241 e. The first-order valence-electron chi connectivity index (χ1n) is 6.11. The fourth-order valence-electron chi connectivity index (χ4n) is 2.17. The first-order valence-corrected chi connectivity index (χ1v) is 6.11. The number of aryl methyl sites for hydroxylation is 1. The quantitative estimate of drug-likeness (QED) is 0.835. The molecular formula is C12H15N3O2. The molecule has 0 atom stereocenters. The summed E-state index contributed by atoms with van der Waals surface area (Å²) in [7, 11) is 0. The van der Waals surface area contributed by atoms with Crippen molar-refractivity contribution in [3.8, 4) is 0 Å². The van der Waals surface area contributed by atoms with Crippen LogP contribution in [-0.4, -0.2) is 27.5 Å². The van der Waals surface area contributed by atoms with Crippen LogP contribution in [-0.2, 0) is 17.8 Å². The normalized spacial score (nSPS) is 18.9. The van der Waals surface area contributed by atoms with Gasteiger partial charge in [-0.05, 0) is 25.7 Å². The monoisotopic (exact) mass is 233 g/mol. The molecule has 0 radical (unpaired) electrons. The van der Waals surface area contributed by atoms with E-state index in [4.69, 9.17) is 0 Å². The van der Waals surface area contributed by atoms with Gasteiger partial charge >= 0.3 is 0 Å². The van der Waals surface area contributed by atoms with E-state index in [0.717, 1.165) is 31.2 Å². The molecule has 1 amide bonds. The van der Waals surface area contributed by atoms with Gasteiger partial charge in [0.15, 0.2) is 5.78 Å². The van der Waals surface area contributed by atoms with Crippen LogP contribution in [0, 0.1) is 0 Å². The summed E-state index contributed by atoms with van der Waals surface area (Å²) in [6.45, 7) is 0.219. The zero-order valence-electron chi connectivity index (χ0n) is 9.61. The van der Waals surface area contributed by atoms with Crippen molar-refractivity contribution in [3.63, 3.8) is 0 Å². The second-order valence-corrected chi connectivity index (χ2v) is 4.82. The molecule has 3 rings (SSSR count). The number of ketones is 1. The highest BCUT2D eigenvalue weighted by molar-refractivity contribution is 5.96. The van der Waals surface area contributed by atoms with Crippen molar-refractivity contribution in [2.45, 2.75) is 44.7 Å². The molecule has 0 aromatic carbocycles. The number of Topliss-reactive ketones (excluding diaryl/α,β-unsaturated/α-hetero) is 1. The lowest BCUT2D eigenvalue weighted by Crippen LogP contribution is -2.29. The summed E-state index contributed by atoms with van der Waals surface area (Å²) < 4.78 is 1.59. The third kappa shape index (κ3) is 2.23. The van der Waals surface area contributed by atoms with Crippen molar-refractivity contribution in [1.82, 2.24) is 15.1 Å². The van der Waals surface area contributed by atoms with Crippen LogP contribution in [0.2, 0.25) is 0 Å². The first-order chi connectivity index (χ1) is 8.22. The number of rotatable bonds is 3. The van der Waals surface area contributed by atoms with Gasteiger partial charge in [0, 0.05) is 24.2 Å². The van der Waals surface area contributed by atoms with E-state index < -0.39 is 0 Å². The molecule has 1 fully saturated rings. The Morgan fingerprint density at radius 3 is 3.00 bits per heavy atom. The number of amides is 1. The van der Waals surface area contributed by atoms with Crippen molar-refractivity contribution in [2.24, 2.45) is 0 Å². The van der Waals surface area contributed by atoms with E-state index in [2.05, 4.69) is 10.4 Å². The average molecular weight is 233 g/mol. The first kappa shape index (κ1) is 10.5. The van der Waals surface area contributed by atoms with E-state index in [9.17, 15) is 9.59 Å². The van der Waals surface area contributed by atoms with Crippen LogP contribution < -0.4 is 5.32 Å². The van der Waals surface area contributed by atoms with Gasteiger partial charge in [0.25, 0.3) is 0 Å². The Bertz CT molecular complexity index is 474. The molecule has 17 heavy (non-hydrogen) atoms. The van der Waals surface area contributed by atoms with Gasteiger partial charge in [-0.3, -0.25) is 14.3 Å². The predicted molar refractivity (Wildman–Crippen MR) is 60.7 cm³/mol. The van der Waals surface area contributed by atoms with Gasteiger partial charge in [0.2, 0.25) is 5.91 Å². The Labute approximate surface area is 99.2 Å². The lowest BCUT2D eigenvalue weighted by Gasteiger charge is -2.06. The SMILES string of the molecule is O=C(Cn1cc2c(n1)C(=O)CCC2)NC1CC1. The Hall–Kier alpha value is -1.65. The van der Waals surface area contributed by atoms with Crippen LogP contribution in [0.4, 0.5) is 0 Å². The van der Waals surface area contributed by atoms with Gasteiger partial charge < -0.3 is 5.32 Å². The summed E-state index contributed by atoms with van der Waals surface area (Å²) in [4.78, 5) is 23.2. The average Bonchev–Trinajstić information content (AvgIpc) is 2.97. The minimum absolute atomic E-state index is 0.0141. The lowest BCUT2D eigenvalue weighted by molar-refractivity contribution is -0.122. The van der Waals surface area contributed by atoms with Gasteiger partial charge in [0.05, 0.1) is 0 Å². The van der Waals surface area contributed by atoms with Crippen LogP contribution in [0.3, 0.4) is 0 Å². The highest BCUT2D eigenvalue weighted by Crippen LogP contribution is 2.20. The molecule has 2 aliphatic carbocycles. The Morgan fingerprint density at radius 1 is 1.47 bits per heavy atom. The van der Waals surface area contributed by atoms with E-state index in [1.54, 1.807) is 4.68 Å². The zero-order chi connectivity index (χ0) is 11.8. The molecule has 0 spiro atoms. The fraction of sp³-hybridized carbons (Fsp3) is 0.583. The molecule has 0 bridgehead atoms. The third-order valence-corrected chi connectivity index (χ3v) is 3.20. The Morgan fingerprint density at radius 2 is 2.29 bits per heavy atom. The summed E-state index contributed by atoms with van der Waals surface area (Å²) in [5, 5.41) is 7.11. The van der Waals surface area contributed by atoms with Crippen molar-refractivity contribution in [3.05, 3.63) is 17.5 Å². The molecule has 5 nitrogen and oxygen atoms in total. The number of nitrogens with one attached hydrogen (secondary N) is 1. The number of carbonyl (C=O) groups excluding carboxylic acids is 2. The van der Waals surface area contributed by atoms with Gasteiger partial charge in [-0.2, -0.15) is 5.10 Å². The van der Waals surface area contributed by atoms with Gasteiger partial charge in [-0.15, -0.1) is 0 Å². The zero-order valence-corrected chi connectivity index (χ0v) is 9.61. The Kier molecular flexibility index (Phi) is 2.46. The minimum atomic E-state index is -0.0141. The lowest BCUT2D eigenvalue weighted by atomic mass is 9.97. The standard InChI is InChI=1S/C12H15N3O2/c16-10-3-1-2-8-6-15(14-12(8)10)7-11(17)13-9-4-5-9/h6,9H,1-5,7H2,(H,13,17). The van der Waals surface area contributed by atoms with Crippen molar-refractivity contribution >= 4 is 11.7 Å². The van der Waals surface area contributed by atoms with Gasteiger partial charge in [-0.25, -0.2) is 0 Å². The van der Waals surface area contributed by atoms with E-state index >= 15 is 0 Å². The maximum Gasteiger partial charge on any atom is 0.241 e. The van der Waals surface area contributed by atoms with Crippen LogP contribution >= 0.6 is 0 Å². The number of hydrogen-bond donors (Lipinski definition) is 1. The number of nitrogens with zero attached hydrogens (tertiary/aromatic N) is 2. The topological polar surface area (TPSA) is 64.0 Å². The van der Waals surface area contributed by atoms with Crippen LogP contribution in [0.25, 0.3) is 0 Å². The highest BCUT2D eigenvalue weighted by Gasteiger charge is 2.24. The molecule has 0 unspecified atom stereocenters. The number of hydrogen-bond acceptors (Lipinski definition) is 3. The van der Waals surface area contributed by atoms with Gasteiger partial charge in [-0.1, -0.05) is 0 Å². The molecule has 0 saturated heterocycles. The highest BCUT2D eigenvalue weighted by atomic mass is 16.2. The van der Waals surface area contributed by atoms with Crippen LogP contribution in [0.1, 0.15) is 41.7 Å². The number of fused-ring (bicyclic) bond motifs is 1. The van der Waals surface area contributed by atoms with Gasteiger partial charge in [0.1, 0.15) is 12.2 Å². The van der Waals surface area contributed by atoms with Crippen molar-refractivity contribution in [2.75, 3.05) is 0 Å². The fourth-order valence-corrected chi connectivity index (χ4v) is 2.17. The Balaban J connectivity index is 1.70. The van der Waals surface area contributed by atoms with E-state index in [1.165, 1.54) is 0 Å². The molecule has 1 heterocycles. The maximum absolute atomic E-state index is 11.6. The second kappa shape index (κ2) is 3.98. The molecule has 1 aromatic heterocycles. The summed E-state index contributed by atoms with van der Waals surface area (Å²) in [5.74, 6) is 0.0902. The third-order valence-electron chi connectivity index (χ3n) is 3.20. The molecule has 1 N–H and O–H groups in total. The molecule has 0 aliphatic heterocycles. The maximum atomic E-state index is 11.6. The summed E-state index contributed by atoms with van der Waals surface area (Å²) in [6.07, 6.45) is 6.37. The second-order valence-electron chi connectivity index (χ2n) is 4.82. The predicted octanol–water partition coefficient (Wildman–Crippen LogP) is 0.681. The van der Waals surface area contributed by atoms with E-state index in [1.807, 2.05) is 6.20 Å². The summed E-state index contributed by atoms with van der Waals surface area (Å²) in [6, 6.07) is 0.370. The van der Waals surface area contributed by atoms with E-state index in [-0.39, 0.29) is 18.2 Å². The van der Waals surface area contributed by atoms with Crippen LogP contribution in [0.15, 0.2) is 6.20 Å². The van der Waals surface area contributed by atoms with E-state index in [0.29, 0.717) is 18.2 Å². The van der Waals surface area contributed by atoms with Crippen molar-refractivity contribution in [1.29, 1.82) is 0 Å². The molecule has 5 heteroatoms. The number of carbonyl (C=O) groups is 2. The van der Waals surface area contributed by atoms with Crippen LogP contribution in [0.5, 0.6) is 0 Å².